The second-order valence-corrected chi connectivity index (χ2v) is 5.73. The van der Waals surface area contributed by atoms with Gasteiger partial charge in [0.15, 0.2) is 0 Å². The van der Waals surface area contributed by atoms with Gasteiger partial charge in [0.2, 0.25) is 0 Å². The molecule has 0 saturated heterocycles. The highest BCUT2D eigenvalue weighted by atomic mass is 35.5. The fourth-order valence-corrected chi connectivity index (χ4v) is 1.41. The Kier molecular flexibility index (Phi) is 4.76. The first-order chi connectivity index (χ1) is 8.95. The van der Waals surface area contributed by atoms with Gasteiger partial charge >= 0.3 is 7.12 Å². The van der Waals surface area contributed by atoms with Gasteiger partial charge in [0, 0.05) is 11.5 Å². The number of aromatic nitrogens is 1. The number of hydrogen-bond donors (Lipinski definition) is 2. The van der Waals surface area contributed by atoms with Crippen molar-refractivity contribution in [1.29, 1.82) is 0 Å². The lowest BCUT2D eigenvalue weighted by molar-refractivity contribution is -0.385. The quantitative estimate of drug-likeness (QED) is 0.362. The lowest BCUT2D eigenvalue weighted by atomic mass is 9.77. The van der Waals surface area contributed by atoms with Crippen LogP contribution >= 0.6 is 11.6 Å². The number of pyridine rings is 1. The Bertz CT molecular complexity index is 518. The molecule has 2 N–H and O–H groups in total. The predicted octanol–water partition coefficient (Wildman–Crippen LogP) is 0.897. The van der Waals surface area contributed by atoms with Crippen molar-refractivity contribution >= 4 is 29.9 Å². The third kappa shape index (κ3) is 3.66. The van der Waals surface area contributed by atoms with Gasteiger partial charge in [0.25, 0.3) is 5.69 Å². The summed E-state index contributed by atoms with van der Waals surface area (Å²) >= 11 is 5.80. The molecule has 1 heterocycles. The van der Waals surface area contributed by atoms with E-state index < -0.39 is 23.2 Å². The maximum atomic E-state index is 10.7. The van der Waals surface area contributed by atoms with E-state index in [1.54, 1.807) is 13.8 Å². The summed E-state index contributed by atoms with van der Waals surface area (Å²) in [4.78, 5) is 13.7. The molecule has 0 spiro atoms. The average Bonchev–Trinajstić information content (AvgIpc) is 2.26. The second kappa shape index (κ2) is 5.65. The zero-order valence-electron chi connectivity index (χ0n) is 11.6. The standard InChI is InChI=1S/C11H16BClN2O5/c1-10(2,16)11(3,4)20-12(17)8-5-7(15(18)19)6-14-9(8)13/h5-6,16-17H,1-4H3. The van der Waals surface area contributed by atoms with Crippen LogP contribution in [0.5, 0.6) is 0 Å². The van der Waals surface area contributed by atoms with Gasteiger partial charge in [-0.25, -0.2) is 4.98 Å². The van der Waals surface area contributed by atoms with E-state index in [-0.39, 0.29) is 16.3 Å². The van der Waals surface area contributed by atoms with Crippen LogP contribution in [-0.4, -0.2) is 38.4 Å². The minimum absolute atomic E-state index is 0.0295. The molecular weight excluding hydrogens is 286 g/mol. The van der Waals surface area contributed by atoms with Gasteiger partial charge in [-0.3, -0.25) is 10.1 Å². The van der Waals surface area contributed by atoms with Crippen LogP contribution in [0.15, 0.2) is 12.3 Å². The molecule has 1 rings (SSSR count). The third-order valence-corrected chi connectivity index (χ3v) is 3.52. The molecule has 7 nitrogen and oxygen atoms in total. The lowest BCUT2D eigenvalue weighted by Crippen LogP contribution is -2.53. The summed E-state index contributed by atoms with van der Waals surface area (Å²) in [7, 11) is -1.55. The maximum absolute atomic E-state index is 10.7. The largest absolute Gasteiger partial charge is 0.495 e. The van der Waals surface area contributed by atoms with Crippen LogP contribution in [-0.2, 0) is 4.65 Å². The Hall–Kier alpha value is -1.22. The highest BCUT2D eigenvalue weighted by Gasteiger charge is 2.40. The van der Waals surface area contributed by atoms with Crippen molar-refractivity contribution in [2.45, 2.75) is 38.9 Å². The molecule has 1 aromatic rings. The fourth-order valence-electron chi connectivity index (χ4n) is 1.21. The van der Waals surface area contributed by atoms with E-state index in [1.165, 1.54) is 13.8 Å². The molecule has 0 aliphatic carbocycles. The van der Waals surface area contributed by atoms with E-state index in [1.807, 2.05) is 0 Å². The predicted molar refractivity (Wildman–Crippen MR) is 75.0 cm³/mol. The average molecular weight is 303 g/mol. The fraction of sp³-hybridized carbons (Fsp3) is 0.545. The number of rotatable bonds is 5. The van der Waals surface area contributed by atoms with Crippen LogP contribution in [0.2, 0.25) is 5.15 Å². The van der Waals surface area contributed by atoms with E-state index >= 15 is 0 Å². The molecule has 0 aromatic carbocycles. The summed E-state index contributed by atoms with van der Waals surface area (Å²) in [6, 6.07) is 1.08. The summed E-state index contributed by atoms with van der Waals surface area (Å²) < 4.78 is 5.36. The lowest BCUT2D eigenvalue weighted by Gasteiger charge is -2.38. The van der Waals surface area contributed by atoms with Gasteiger partial charge in [-0.15, -0.1) is 0 Å². The Morgan fingerprint density at radius 3 is 2.45 bits per heavy atom. The molecule has 0 saturated carbocycles. The van der Waals surface area contributed by atoms with Crippen LogP contribution in [0.25, 0.3) is 0 Å². The number of hydrogen-bond acceptors (Lipinski definition) is 6. The molecule has 0 fully saturated rings. The van der Waals surface area contributed by atoms with Crippen molar-refractivity contribution in [3.8, 4) is 0 Å². The Morgan fingerprint density at radius 2 is 2.00 bits per heavy atom. The van der Waals surface area contributed by atoms with E-state index in [4.69, 9.17) is 16.3 Å². The summed E-state index contributed by atoms with van der Waals surface area (Å²) in [5, 5.41) is 30.6. The van der Waals surface area contributed by atoms with Gasteiger partial charge in [-0.2, -0.15) is 0 Å². The van der Waals surface area contributed by atoms with Crippen molar-refractivity contribution in [1.82, 2.24) is 4.98 Å². The molecule has 0 bridgehead atoms. The van der Waals surface area contributed by atoms with Crippen LogP contribution in [0.4, 0.5) is 5.69 Å². The second-order valence-electron chi connectivity index (χ2n) is 5.37. The van der Waals surface area contributed by atoms with Crippen molar-refractivity contribution in [3.63, 3.8) is 0 Å². The minimum Gasteiger partial charge on any atom is -0.423 e. The number of halogens is 1. The summed E-state index contributed by atoms with van der Waals surface area (Å²) in [5.74, 6) is 0. The van der Waals surface area contributed by atoms with E-state index in [0.29, 0.717) is 0 Å². The number of aliphatic hydroxyl groups is 1. The van der Waals surface area contributed by atoms with Crippen LogP contribution in [0, 0.1) is 10.1 Å². The SMILES string of the molecule is CC(C)(O)C(C)(C)OB(O)c1cc([N+](=O)[O-])cnc1Cl. The molecule has 0 radical (unpaired) electrons. The first-order valence-corrected chi connectivity index (χ1v) is 6.21. The molecule has 1 aromatic heterocycles. The molecule has 110 valence electrons. The van der Waals surface area contributed by atoms with Crippen LogP contribution < -0.4 is 5.46 Å². The highest BCUT2D eigenvalue weighted by Crippen LogP contribution is 2.25. The van der Waals surface area contributed by atoms with Gasteiger partial charge in [-0.1, -0.05) is 11.6 Å². The Morgan fingerprint density at radius 1 is 1.45 bits per heavy atom. The summed E-state index contributed by atoms with van der Waals surface area (Å²) in [6.45, 7) is 6.20. The highest BCUT2D eigenvalue weighted by molar-refractivity contribution is 6.63. The smallest absolute Gasteiger partial charge is 0.423 e. The van der Waals surface area contributed by atoms with E-state index in [9.17, 15) is 20.2 Å². The van der Waals surface area contributed by atoms with Crippen molar-refractivity contribution in [3.05, 3.63) is 27.5 Å². The molecule has 20 heavy (non-hydrogen) atoms. The Balaban J connectivity index is 3.07. The first kappa shape index (κ1) is 16.8. The van der Waals surface area contributed by atoms with Gasteiger partial charge in [-0.05, 0) is 27.7 Å². The molecule has 0 aliphatic heterocycles. The van der Waals surface area contributed by atoms with Crippen molar-refractivity contribution < 1.29 is 19.7 Å². The topological polar surface area (TPSA) is 106 Å². The molecular formula is C11H16BClN2O5. The van der Waals surface area contributed by atoms with Crippen LogP contribution in [0.1, 0.15) is 27.7 Å². The molecule has 0 atom stereocenters. The zero-order chi connectivity index (χ0) is 15.7. The zero-order valence-corrected chi connectivity index (χ0v) is 12.4. The summed E-state index contributed by atoms with van der Waals surface area (Å²) in [5.41, 5.74) is -2.69. The van der Waals surface area contributed by atoms with Crippen molar-refractivity contribution in [2.75, 3.05) is 0 Å². The molecule has 0 aliphatic rings. The maximum Gasteiger partial charge on any atom is 0.495 e. The van der Waals surface area contributed by atoms with Crippen molar-refractivity contribution in [2.24, 2.45) is 0 Å². The van der Waals surface area contributed by atoms with E-state index in [0.717, 1.165) is 12.3 Å². The Labute approximate surface area is 121 Å². The van der Waals surface area contributed by atoms with Gasteiger partial charge in [0.05, 0.1) is 16.1 Å². The van der Waals surface area contributed by atoms with Crippen LogP contribution in [0.3, 0.4) is 0 Å². The molecule has 0 unspecified atom stereocenters. The number of nitrogens with zero attached hydrogens (tertiary/aromatic N) is 2. The third-order valence-electron chi connectivity index (χ3n) is 3.21. The monoisotopic (exact) mass is 302 g/mol. The van der Waals surface area contributed by atoms with E-state index in [2.05, 4.69) is 4.98 Å². The summed E-state index contributed by atoms with van der Waals surface area (Å²) in [6.07, 6.45) is 0.986. The van der Waals surface area contributed by atoms with Gasteiger partial charge < -0.3 is 14.8 Å². The van der Waals surface area contributed by atoms with Gasteiger partial charge in [0.1, 0.15) is 11.3 Å². The number of nitro groups is 1. The normalized spacial score (nSPS) is 12.3. The minimum atomic E-state index is -1.55. The first-order valence-electron chi connectivity index (χ1n) is 5.84. The molecule has 9 heteroatoms. The molecule has 0 amide bonds.